The Labute approximate surface area is 149 Å². The predicted molar refractivity (Wildman–Crippen MR) is 101 cm³/mol. The van der Waals surface area contributed by atoms with Crippen molar-refractivity contribution >= 4 is 21.6 Å². The molecule has 0 saturated carbocycles. The van der Waals surface area contributed by atoms with E-state index in [1.165, 1.54) is 0 Å². The molecule has 0 radical (unpaired) electrons. The number of nitrogens with one attached hydrogen (secondary N) is 1. The highest BCUT2D eigenvalue weighted by Gasteiger charge is 2.29. The molecule has 0 spiro atoms. The zero-order valence-electron chi connectivity index (χ0n) is 14.9. The van der Waals surface area contributed by atoms with E-state index in [0.717, 1.165) is 21.7 Å². The summed E-state index contributed by atoms with van der Waals surface area (Å²) in [6.07, 6.45) is 1.11. The Kier molecular flexibility index (Phi) is 5.85. The lowest BCUT2D eigenvalue weighted by Gasteiger charge is -2.29. The predicted octanol–water partition coefficient (Wildman–Crippen LogP) is 3.03. The number of rotatable bonds is 6. The van der Waals surface area contributed by atoms with Gasteiger partial charge in [0.1, 0.15) is 6.04 Å². The maximum absolute atomic E-state index is 12.6. The third kappa shape index (κ3) is 4.82. The highest BCUT2D eigenvalue weighted by Crippen LogP contribution is 2.22. The summed E-state index contributed by atoms with van der Waals surface area (Å²) in [5, 5.41) is 2.88. The fourth-order valence-electron chi connectivity index (χ4n) is 2.66. The van der Waals surface area contributed by atoms with Crippen molar-refractivity contribution in [2.75, 3.05) is 10.6 Å². The molecule has 0 aliphatic rings. The molecule has 2 aromatic rings. The number of benzene rings is 2. The molecule has 0 bridgehead atoms. The van der Waals surface area contributed by atoms with Crippen LogP contribution in [0.25, 0.3) is 0 Å². The largest absolute Gasteiger partial charge is 0.348 e. The normalized spacial score (nSPS) is 13.8. The zero-order valence-corrected chi connectivity index (χ0v) is 15.7. The van der Waals surface area contributed by atoms with Crippen LogP contribution in [-0.2, 0) is 14.8 Å². The first-order valence-corrected chi connectivity index (χ1v) is 9.96. The Morgan fingerprint density at radius 2 is 1.56 bits per heavy atom. The maximum Gasteiger partial charge on any atom is 0.244 e. The average Bonchev–Trinajstić information content (AvgIpc) is 2.56. The number of nitrogens with zero attached hydrogens (tertiary/aromatic N) is 1. The Morgan fingerprint density at radius 1 is 1.00 bits per heavy atom. The van der Waals surface area contributed by atoms with Gasteiger partial charge in [-0.2, -0.15) is 0 Å². The molecule has 0 fully saturated rings. The van der Waals surface area contributed by atoms with Crippen molar-refractivity contribution in [1.82, 2.24) is 5.32 Å². The number of carbonyl (C=O) groups excluding carboxylic acids is 1. The van der Waals surface area contributed by atoms with E-state index >= 15 is 0 Å². The summed E-state index contributed by atoms with van der Waals surface area (Å²) in [6, 6.07) is 15.5. The summed E-state index contributed by atoms with van der Waals surface area (Å²) in [5.74, 6) is -0.345. The van der Waals surface area contributed by atoms with Gasteiger partial charge in [0.25, 0.3) is 0 Å². The molecule has 6 heteroatoms. The molecule has 1 amide bonds. The number of anilines is 1. The van der Waals surface area contributed by atoms with Crippen molar-refractivity contribution in [1.29, 1.82) is 0 Å². The Morgan fingerprint density at radius 3 is 2.08 bits per heavy atom. The fraction of sp³-hybridized carbons (Fsp3) is 0.316. The molecule has 0 saturated heterocycles. The lowest BCUT2D eigenvalue weighted by molar-refractivity contribution is -0.122. The van der Waals surface area contributed by atoms with Gasteiger partial charge in [-0.25, -0.2) is 8.42 Å². The van der Waals surface area contributed by atoms with Crippen LogP contribution in [0.3, 0.4) is 0 Å². The smallest absolute Gasteiger partial charge is 0.244 e. The fourth-order valence-corrected chi connectivity index (χ4v) is 3.83. The quantitative estimate of drug-likeness (QED) is 0.861. The van der Waals surface area contributed by atoms with E-state index in [1.807, 2.05) is 56.3 Å². The molecule has 2 rings (SSSR count). The summed E-state index contributed by atoms with van der Waals surface area (Å²) in [4.78, 5) is 12.6. The van der Waals surface area contributed by atoms with E-state index in [4.69, 9.17) is 0 Å². The third-order valence-electron chi connectivity index (χ3n) is 4.04. The first-order valence-electron chi connectivity index (χ1n) is 8.11. The van der Waals surface area contributed by atoms with Crippen molar-refractivity contribution < 1.29 is 13.2 Å². The van der Waals surface area contributed by atoms with Crippen molar-refractivity contribution in [3.8, 4) is 0 Å². The van der Waals surface area contributed by atoms with Gasteiger partial charge in [-0.15, -0.1) is 0 Å². The van der Waals surface area contributed by atoms with Crippen LogP contribution in [0.1, 0.15) is 31.0 Å². The van der Waals surface area contributed by atoms with Crippen molar-refractivity contribution in [3.05, 3.63) is 65.7 Å². The number of hydrogen-bond acceptors (Lipinski definition) is 3. The highest BCUT2D eigenvalue weighted by molar-refractivity contribution is 7.92. The van der Waals surface area contributed by atoms with Gasteiger partial charge in [-0.05, 0) is 38.5 Å². The van der Waals surface area contributed by atoms with Gasteiger partial charge in [0.05, 0.1) is 18.0 Å². The average molecular weight is 360 g/mol. The topological polar surface area (TPSA) is 66.5 Å². The molecular weight excluding hydrogens is 336 g/mol. The molecule has 2 aromatic carbocycles. The van der Waals surface area contributed by atoms with Crippen LogP contribution >= 0.6 is 0 Å². The van der Waals surface area contributed by atoms with Gasteiger partial charge in [0.2, 0.25) is 15.9 Å². The summed E-state index contributed by atoms with van der Waals surface area (Å²) < 4.78 is 25.7. The lowest BCUT2D eigenvalue weighted by Crippen LogP contribution is -2.48. The zero-order chi connectivity index (χ0) is 18.6. The van der Waals surface area contributed by atoms with Gasteiger partial charge in [-0.3, -0.25) is 9.10 Å². The highest BCUT2D eigenvalue weighted by atomic mass is 32.2. The molecule has 0 heterocycles. The van der Waals surface area contributed by atoms with Gasteiger partial charge < -0.3 is 5.32 Å². The second kappa shape index (κ2) is 7.70. The van der Waals surface area contributed by atoms with Crippen molar-refractivity contribution in [2.24, 2.45) is 0 Å². The number of hydrogen-bond donors (Lipinski definition) is 1. The van der Waals surface area contributed by atoms with Crippen LogP contribution in [0, 0.1) is 6.92 Å². The third-order valence-corrected chi connectivity index (χ3v) is 5.28. The lowest BCUT2D eigenvalue weighted by atomic mass is 10.1. The monoisotopic (exact) mass is 360 g/mol. The minimum absolute atomic E-state index is 0.212. The first-order chi connectivity index (χ1) is 11.7. The van der Waals surface area contributed by atoms with Gasteiger partial charge in [0.15, 0.2) is 0 Å². The number of sulfonamides is 1. The van der Waals surface area contributed by atoms with Gasteiger partial charge >= 0.3 is 0 Å². The molecule has 5 nitrogen and oxygen atoms in total. The van der Waals surface area contributed by atoms with Crippen molar-refractivity contribution in [2.45, 2.75) is 32.9 Å². The Balaban J connectivity index is 2.23. The SMILES string of the molecule is Cc1ccc(N([C@@H](C)C(=O)N[C@@H](C)c2ccccc2)S(C)(=O)=O)cc1. The van der Waals surface area contributed by atoms with E-state index in [2.05, 4.69) is 5.32 Å². The molecule has 2 atom stereocenters. The second-order valence-corrected chi connectivity index (χ2v) is 8.07. The molecule has 1 N–H and O–H groups in total. The molecule has 0 aromatic heterocycles. The van der Waals surface area contributed by atoms with Crippen LogP contribution in [0.2, 0.25) is 0 Å². The molecule has 0 aliphatic carbocycles. The summed E-state index contributed by atoms with van der Waals surface area (Å²) >= 11 is 0. The van der Waals surface area contributed by atoms with Crippen molar-refractivity contribution in [3.63, 3.8) is 0 Å². The summed E-state index contributed by atoms with van der Waals surface area (Å²) in [6.45, 7) is 5.39. The summed E-state index contributed by atoms with van der Waals surface area (Å²) in [5.41, 5.74) is 2.46. The summed E-state index contributed by atoms with van der Waals surface area (Å²) in [7, 11) is -3.60. The van der Waals surface area contributed by atoms with E-state index in [-0.39, 0.29) is 11.9 Å². The standard InChI is InChI=1S/C19H24N2O3S/c1-14-10-12-18(13-11-14)21(25(4,23)24)16(3)19(22)20-15(2)17-8-6-5-7-9-17/h5-13,15-16H,1-4H3,(H,20,22)/t15-,16-/m0/s1. The Bertz CT molecular complexity index is 818. The van der Waals surface area contributed by atoms with Crippen LogP contribution in [-0.4, -0.2) is 26.6 Å². The molecule has 134 valence electrons. The van der Waals surface area contributed by atoms with Gasteiger partial charge in [-0.1, -0.05) is 48.0 Å². The minimum Gasteiger partial charge on any atom is -0.348 e. The maximum atomic E-state index is 12.6. The molecule has 0 unspecified atom stereocenters. The van der Waals surface area contributed by atoms with Gasteiger partial charge in [0, 0.05) is 0 Å². The van der Waals surface area contributed by atoms with Crippen LogP contribution in [0.5, 0.6) is 0 Å². The van der Waals surface area contributed by atoms with Crippen LogP contribution < -0.4 is 9.62 Å². The number of amides is 1. The van der Waals surface area contributed by atoms with Crippen LogP contribution in [0.4, 0.5) is 5.69 Å². The molecule has 0 aliphatic heterocycles. The van der Waals surface area contributed by atoms with E-state index in [9.17, 15) is 13.2 Å². The number of carbonyl (C=O) groups is 1. The molecule has 25 heavy (non-hydrogen) atoms. The minimum atomic E-state index is -3.60. The second-order valence-electron chi connectivity index (χ2n) is 6.21. The molecular formula is C19H24N2O3S. The van der Waals surface area contributed by atoms with E-state index in [1.54, 1.807) is 19.1 Å². The van der Waals surface area contributed by atoms with E-state index < -0.39 is 16.1 Å². The number of aryl methyl sites for hydroxylation is 1. The van der Waals surface area contributed by atoms with E-state index in [0.29, 0.717) is 5.69 Å². The Hall–Kier alpha value is -2.34. The van der Waals surface area contributed by atoms with Crippen LogP contribution in [0.15, 0.2) is 54.6 Å². The first kappa shape index (κ1) is 19.0.